The molecule has 0 aromatic heterocycles. The van der Waals surface area contributed by atoms with Crippen LogP contribution in [0.5, 0.6) is 0 Å². The lowest BCUT2D eigenvalue weighted by Crippen LogP contribution is -2.63. The van der Waals surface area contributed by atoms with Crippen molar-refractivity contribution in [2.45, 2.75) is 114 Å². The molecular weight excluding hydrogens is 472 g/mol. The van der Waals surface area contributed by atoms with Crippen molar-refractivity contribution in [3.63, 3.8) is 0 Å². The summed E-state index contributed by atoms with van der Waals surface area (Å²) in [6.07, 6.45) is -7.28. The average Bonchev–Trinajstić information content (AvgIpc) is 2.67. The van der Waals surface area contributed by atoms with E-state index in [-0.39, 0.29) is 0 Å². The molecule has 0 bridgehead atoms. The SMILES string of the molecule is CC(C)(C)C(=O)OC[C@H]1O[C@@H](OC(=O)C(C)(C)C)[C@H](OC(=O)C(C)(C)C)[C@@H](OC(=O)C(C)(C)C)[C@H]1O. The number of aliphatic hydroxyl groups excluding tert-OH is 1. The fourth-order valence-electron chi connectivity index (χ4n) is 2.64. The maximum atomic E-state index is 12.8. The highest BCUT2D eigenvalue weighted by molar-refractivity contribution is 5.77. The van der Waals surface area contributed by atoms with Crippen molar-refractivity contribution in [2.75, 3.05) is 6.61 Å². The van der Waals surface area contributed by atoms with Gasteiger partial charge in [-0.15, -0.1) is 0 Å². The Morgan fingerprint density at radius 3 is 1.36 bits per heavy atom. The van der Waals surface area contributed by atoms with Crippen LogP contribution >= 0.6 is 0 Å². The zero-order valence-electron chi connectivity index (χ0n) is 23.7. The van der Waals surface area contributed by atoms with Crippen molar-refractivity contribution >= 4 is 23.9 Å². The van der Waals surface area contributed by atoms with Gasteiger partial charge in [0.25, 0.3) is 0 Å². The van der Waals surface area contributed by atoms with Crippen molar-refractivity contribution in [3.05, 3.63) is 0 Å². The summed E-state index contributed by atoms with van der Waals surface area (Å²) in [5, 5.41) is 11.1. The second-order valence-electron chi connectivity index (χ2n) is 13.3. The number of hydrogen-bond donors (Lipinski definition) is 1. The molecule has 1 fully saturated rings. The van der Waals surface area contributed by atoms with Crippen LogP contribution in [0.3, 0.4) is 0 Å². The number of aliphatic hydroxyl groups is 1. The predicted molar refractivity (Wildman–Crippen MR) is 129 cm³/mol. The van der Waals surface area contributed by atoms with Crippen LogP contribution in [0.2, 0.25) is 0 Å². The quantitative estimate of drug-likeness (QED) is 0.429. The van der Waals surface area contributed by atoms with Gasteiger partial charge >= 0.3 is 23.9 Å². The van der Waals surface area contributed by atoms with Crippen LogP contribution in [0.15, 0.2) is 0 Å². The minimum atomic E-state index is -1.56. The Morgan fingerprint density at radius 1 is 0.611 bits per heavy atom. The Kier molecular flexibility index (Phi) is 9.77. The summed E-state index contributed by atoms with van der Waals surface area (Å²) in [6.45, 7) is 19.2. The third-order valence-electron chi connectivity index (χ3n) is 5.16. The Balaban J connectivity index is 3.45. The van der Waals surface area contributed by atoms with E-state index < -0.39 is 82.8 Å². The second kappa shape index (κ2) is 11.0. The summed E-state index contributed by atoms with van der Waals surface area (Å²) >= 11 is 0. The summed E-state index contributed by atoms with van der Waals surface area (Å²) in [6, 6.07) is 0. The van der Waals surface area contributed by atoms with Crippen LogP contribution < -0.4 is 0 Å². The number of rotatable bonds is 5. The van der Waals surface area contributed by atoms with Gasteiger partial charge in [-0.3, -0.25) is 19.2 Å². The third-order valence-corrected chi connectivity index (χ3v) is 5.16. The van der Waals surface area contributed by atoms with Crippen molar-refractivity contribution in [3.8, 4) is 0 Å². The van der Waals surface area contributed by atoms with Crippen molar-refractivity contribution in [1.82, 2.24) is 0 Å². The fraction of sp³-hybridized carbons (Fsp3) is 0.846. The van der Waals surface area contributed by atoms with Gasteiger partial charge in [0.05, 0.1) is 21.7 Å². The van der Waals surface area contributed by atoms with E-state index in [1.54, 1.807) is 83.1 Å². The van der Waals surface area contributed by atoms with Crippen LogP contribution in [0.4, 0.5) is 0 Å². The predicted octanol–water partition coefficient (Wildman–Crippen LogP) is 3.17. The van der Waals surface area contributed by atoms with Gasteiger partial charge in [0.1, 0.15) is 18.8 Å². The second-order valence-corrected chi connectivity index (χ2v) is 13.3. The third kappa shape index (κ3) is 8.73. The van der Waals surface area contributed by atoms with Crippen LogP contribution in [0.25, 0.3) is 0 Å². The topological polar surface area (TPSA) is 135 Å². The molecule has 0 saturated carbocycles. The lowest BCUT2D eigenvalue weighted by atomic mass is 9.93. The van der Waals surface area contributed by atoms with Gasteiger partial charge < -0.3 is 28.8 Å². The van der Waals surface area contributed by atoms with Gasteiger partial charge in [-0.1, -0.05) is 0 Å². The van der Waals surface area contributed by atoms with Crippen LogP contribution in [-0.4, -0.2) is 66.3 Å². The normalized spacial score (nSPS) is 25.5. The smallest absolute Gasteiger partial charge is 0.313 e. The van der Waals surface area contributed by atoms with Crippen molar-refractivity contribution in [1.29, 1.82) is 0 Å². The molecule has 10 nitrogen and oxygen atoms in total. The highest BCUT2D eigenvalue weighted by atomic mass is 16.7. The molecule has 0 unspecified atom stereocenters. The number of ether oxygens (including phenoxy) is 5. The van der Waals surface area contributed by atoms with Crippen LogP contribution in [0.1, 0.15) is 83.1 Å². The molecule has 0 aromatic rings. The summed E-state index contributed by atoms with van der Waals surface area (Å²) in [5.74, 6) is -2.59. The molecule has 1 heterocycles. The molecule has 1 aliphatic rings. The van der Waals surface area contributed by atoms with Gasteiger partial charge in [0, 0.05) is 0 Å². The minimum absolute atomic E-state index is 0.412. The highest BCUT2D eigenvalue weighted by Gasteiger charge is 2.53. The monoisotopic (exact) mass is 516 g/mol. The number of esters is 4. The molecule has 1 aliphatic heterocycles. The molecule has 5 atom stereocenters. The molecular formula is C26H44O10. The van der Waals surface area contributed by atoms with E-state index in [0.29, 0.717) is 0 Å². The van der Waals surface area contributed by atoms with E-state index in [1.807, 2.05) is 0 Å². The summed E-state index contributed by atoms with van der Waals surface area (Å²) in [4.78, 5) is 50.6. The largest absolute Gasteiger partial charge is 0.462 e. The number of hydrogen-bond acceptors (Lipinski definition) is 10. The van der Waals surface area contributed by atoms with E-state index in [9.17, 15) is 24.3 Å². The molecule has 36 heavy (non-hydrogen) atoms. The first kappa shape index (κ1) is 31.8. The van der Waals surface area contributed by atoms with Crippen LogP contribution in [0, 0.1) is 21.7 Å². The molecule has 0 spiro atoms. The lowest BCUT2D eigenvalue weighted by molar-refractivity contribution is -0.303. The Hall–Kier alpha value is -2.20. The molecule has 1 saturated heterocycles. The Bertz CT molecular complexity index is 820. The molecule has 0 aliphatic carbocycles. The minimum Gasteiger partial charge on any atom is -0.462 e. The molecule has 0 aromatic carbocycles. The zero-order chi connectivity index (χ0) is 28.4. The Morgan fingerprint density at radius 2 is 0.972 bits per heavy atom. The summed E-state index contributed by atoms with van der Waals surface area (Å²) < 4.78 is 27.9. The lowest BCUT2D eigenvalue weighted by Gasteiger charge is -2.44. The molecule has 10 heteroatoms. The van der Waals surface area contributed by atoms with Crippen molar-refractivity contribution in [2.24, 2.45) is 21.7 Å². The first-order chi connectivity index (χ1) is 16.0. The van der Waals surface area contributed by atoms with Gasteiger partial charge in [0.15, 0.2) is 6.10 Å². The van der Waals surface area contributed by atoms with Gasteiger partial charge in [-0.05, 0) is 83.1 Å². The maximum Gasteiger partial charge on any atom is 0.313 e. The van der Waals surface area contributed by atoms with Gasteiger partial charge in [-0.2, -0.15) is 0 Å². The van der Waals surface area contributed by atoms with Crippen LogP contribution in [-0.2, 0) is 42.9 Å². The first-order valence-electron chi connectivity index (χ1n) is 12.1. The molecule has 1 N–H and O–H groups in total. The van der Waals surface area contributed by atoms with E-state index in [4.69, 9.17) is 23.7 Å². The van der Waals surface area contributed by atoms with E-state index in [2.05, 4.69) is 0 Å². The molecule has 1 rings (SSSR count). The number of carbonyl (C=O) groups excluding carboxylic acids is 4. The average molecular weight is 517 g/mol. The van der Waals surface area contributed by atoms with E-state index >= 15 is 0 Å². The summed E-state index contributed by atoms with van der Waals surface area (Å²) in [7, 11) is 0. The standard InChI is InChI=1S/C26H44O10/c1-23(2,3)19(28)32-13-14-15(27)16(34-20(29)24(4,5)6)17(35-21(30)25(7,8)9)18(33-14)36-22(31)26(10,11)12/h14-18,27H,13H2,1-12H3/t14-,15+,16+,17-,18+/m1/s1. The first-order valence-corrected chi connectivity index (χ1v) is 12.1. The maximum absolute atomic E-state index is 12.8. The zero-order valence-corrected chi connectivity index (χ0v) is 23.7. The highest BCUT2D eigenvalue weighted by Crippen LogP contribution is 2.33. The Labute approximate surface area is 214 Å². The van der Waals surface area contributed by atoms with E-state index in [0.717, 1.165) is 0 Å². The fourth-order valence-corrected chi connectivity index (χ4v) is 2.64. The van der Waals surface area contributed by atoms with Gasteiger partial charge in [-0.25, -0.2) is 0 Å². The molecule has 0 radical (unpaired) electrons. The molecule has 208 valence electrons. The molecule has 0 amide bonds. The van der Waals surface area contributed by atoms with Gasteiger partial charge in [0.2, 0.25) is 12.4 Å². The summed E-state index contributed by atoms with van der Waals surface area (Å²) in [5.41, 5.74) is -3.67. The number of carbonyl (C=O) groups is 4. The van der Waals surface area contributed by atoms with Crippen molar-refractivity contribution < 1.29 is 48.0 Å². The van der Waals surface area contributed by atoms with E-state index in [1.165, 1.54) is 0 Å².